The molecule has 1 amide bonds. The number of rotatable bonds is 5. The Bertz CT molecular complexity index is 525. The molecule has 1 N–H and O–H groups in total. The van der Waals surface area contributed by atoms with Gasteiger partial charge in [0.1, 0.15) is 0 Å². The lowest BCUT2D eigenvalue weighted by atomic mass is 10.1. The molecule has 0 unspecified atom stereocenters. The molecule has 1 aromatic carbocycles. The van der Waals surface area contributed by atoms with Crippen LogP contribution in [0.2, 0.25) is 0 Å². The number of piperazine rings is 1. The van der Waals surface area contributed by atoms with Gasteiger partial charge in [-0.2, -0.15) is 0 Å². The first-order chi connectivity index (χ1) is 10.7. The van der Waals surface area contributed by atoms with E-state index in [0.29, 0.717) is 22.8 Å². The molecule has 0 saturated carbocycles. The summed E-state index contributed by atoms with van der Waals surface area (Å²) in [6.45, 7) is 6.76. The van der Waals surface area contributed by atoms with Crippen molar-refractivity contribution in [1.82, 2.24) is 4.90 Å². The van der Waals surface area contributed by atoms with Gasteiger partial charge in [-0.05, 0) is 19.1 Å². The minimum atomic E-state index is -0.0204. The summed E-state index contributed by atoms with van der Waals surface area (Å²) < 4.78 is 16.0. The predicted molar refractivity (Wildman–Crippen MR) is 83.2 cm³/mol. The third-order valence-corrected chi connectivity index (χ3v) is 4.19. The van der Waals surface area contributed by atoms with Crippen LogP contribution in [0, 0.1) is 0 Å². The Morgan fingerprint density at radius 3 is 2.23 bits per heavy atom. The maximum atomic E-state index is 12.8. The first-order valence-electron chi connectivity index (χ1n) is 7.58. The number of amides is 1. The van der Waals surface area contributed by atoms with E-state index in [1.807, 2.05) is 4.90 Å². The molecule has 1 saturated heterocycles. The number of carbonyl (C=O) groups is 1. The van der Waals surface area contributed by atoms with Crippen LogP contribution < -0.4 is 19.1 Å². The molecule has 0 bridgehead atoms. The molecule has 0 aliphatic carbocycles. The highest BCUT2D eigenvalue weighted by Gasteiger charge is 2.28. The minimum absolute atomic E-state index is 0.0204. The van der Waals surface area contributed by atoms with Crippen LogP contribution in [-0.2, 0) is 0 Å². The quantitative estimate of drug-likeness (QED) is 0.836. The van der Waals surface area contributed by atoms with E-state index in [2.05, 4.69) is 6.92 Å². The molecule has 122 valence electrons. The Morgan fingerprint density at radius 1 is 1.09 bits per heavy atom. The highest BCUT2D eigenvalue weighted by Crippen LogP contribution is 2.40. The van der Waals surface area contributed by atoms with Gasteiger partial charge in [0.25, 0.3) is 5.91 Å². The van der Waals surface area contributed by atoms with Gasteiger partial charge in [-0.25, -0.2) is 0 Å². The fourth-order valence-electron chi connectivity index (χ4n) is 2.82. The van der Waals surface area contributed by atoms with Crippen LogP contribution in [0.1, 0.15) is 17.3 Å². The predicted octanol–water partition coefficient (Wildman–Crippen LogP) is 0.0730. The van der Waals surface area contributed by atoms with E-state index in [9.17, 15) is 4.79 Å². The molecular weight excluding hydrogens is 284 g/mol. The number of nitrogens with zero attached hydrogens (tertiary/aromatic N) is 1. The zero-order valence-electron chi connectivity index (χ0n) is 13.8. The Labute approximate surface area is 131 Å². The lowest BCUT2D eigenvalue weighted by molar-refractivity contribution is -0.902. The third kappa shape index (κ3) is 3.11. The minimum Gasteiger partial charge on any atom is -0.493 e. The molecule has 0 atom stereocenters. The van der Waals surface area contributed by atoms with Gasteiger partial charge < -0.3 is 24.0 Å². The van der Waals surface area contributed by atoms with Crippen molar-refractivity contribution >= 4 is 5.91 Å². The number of quaternary nitrogens is 1. The van der Waals surface area contributed by atoms with Crippen LogP contribution in [0.4, 0.5) is 0 Å². The molecule has 2 rings (SSSR count). The number of benzene rings is 1. The second kappa shape index (κ2) is 7.35. The second-order valence-electron chi connectivity index (χ2n) is 5.28. The summed E-state index contributed by atoms with van der Waals surface area (Å²) in [6, 6.07) is 3.48. The maximum absolute atomic E-state index is 12.8. The number of ether oxygens (including phenoxy) is 3. The number of carbonyl (C=O) groups excluding carboxylic acids is 1. The largest absolute Gasteiger partial charge is 0.493 e. The van der Waals surface area contributed by atoms with Crippen molar-refractivity contribution < 1.29 is 23.9 Å². The standard InChI is InChI=1S/C16H24N2O4/c1-5-17-8-10-18(11-9-17)16(19)12-6-7-13(20-2)15(22-4)14(12)21-3/h6-7H,5,8-11H2,1-4H3/p+1. The van der Waals surface area contributed by atoms with Crippen molar-refractivity contribution in [3.05, 3.63) is 17.7 Å². The Kier molecular flexibility index (Phi) is 5.49. The summed E-state index contributed by atoms with van der Waals surface area (Å²) in [5, 5.41) is 0. The normalized spacial score (nSPS) is 15.5. The monoisotopic (exact) mass is 309 g/mol. The summed E-state index contributed by atoms with van der Waals surface area (Å²) in [5.41, 5.74) is 0.514. The second-order valence-corrected chi connectivity index (χ2v) is 5.28. The first kappa shape index (κ1) is 16.4. The Balaban J connectivity index is 2.26. The fourth-order valence-corrected chi connectivity index (χ4v) is 2.82. The number of methoxy groups -OCH3 is 3. The van der Waals surface area contributed by atoms with Crippen molar-refractivity contribution in [1.29, 1.82) is 0 Å². The molecule has 0 radical (unpaired) electrons. The zero-order valence-corrected chi connectivity index (χ0v) is 13.8. The highest BCUT2D eigenvalue weighted by atomic mass is 16.5. The average Bonchev–Trinajstić information content (AvgIpc) is 2.59. The van der Waals surface area contributed by atoms with Gasteiger partial charge in [-0.1, -0.05) is 0 Å². The molecule has 6 heteroatoms. The molecule has 1 aliphatic heterocycles. The van der Waals surface area contributed by atoms with Crippen molar-refractivity contribution in [2.75, 3.05) is 54.1 Å². The number of nitrogens with one attached hydrogen (secondary N) is 1. The smallest absolute Gasteiger partial charge is 0.258 e. The van der Waals surface area contributed by atoms with Gasteiger partial charge in [0.2, 0.25) is 5.75 Å². The average molecular weight is 309 g/mol. The molecule has 0 spiro atoms. The van der Waals surface area contributed by atoms with E-state index in [0.717, 1.165) is 32.7 Å². The van der Waals surface area contributed by atoms with Gasteiger partial charge in [0, 0.05) is 0 Å². The van der Waals surface area contributed by atoms with Crippen LogP contribution in [0.3, 0.4) is 0 Å². The van der Waals surface area contributed by atoms with Gasteiger partial charge in [-0.15, -0.1) is 0 Å². The van der Waals surface area contributed by atoms with Crippen LogP contribution in [0.15, 0.2) is 12.1 Å². The van der Waals surface area contributed by atoms with Crippen LogP contribution in [0.25, 0.3) is 0 Å². The number of hydrogen-bond acceptors (Lipinski definition) is 4. The van der Waals surface area contributed by atoms with E-state index >= 15 is 0 Å². The van der Waals surface area contributed by atoms with Crippen LogP contribution in [-0.4, -0.2) is 64.9 Å². The van der Waals surface area contributed by atoms with E-state index < -0.39 is 0 Å². The first-order valence-corrected chi connectivity index (χ1v) is 7.58. The molecule has 1 heterocycles. The van der Waals surface area contributed by atoms with E-state index in [1.165, 1.54) is 19.1 Å². The van der Waals surface area contributed by atoms with Gasteiger partial charge >= 0.3 is 0 Å². The van der Waals surface area contributed by atoms with Crippen LogP contribution in [0.5, 0.6) is 17.2 Å². The maximum Gasteiger partial charge on any atom is 0.258 e. The Hall–Kier alpha value is -1.95. The topological polar surface area (TPSA) is 52.4 Å². The van der Waals surface area contributed by atoms with E-state index in [1.54, 1.807) is 19.2 Å². The molecular formula is C16H25N2O4+. The molecule has 22 heavy (non-hydrogen) atoms. The summed E-state index contributed by atoms with van der Waals surface area (Å²) in [5.74, 6) is 1.41. The van der Waals surface area contributed by atoms with Crippen molar-refractivity contribution in [3.63, 3.8) is 0 Å². The molecule has 0 aromatic heterocycles. The molecule has 1 aliphatic rings. The highest BCUT2D eigenvalue weighted by molar-refractivity contribution is 5.98. The Morgan fingerprint density at radius 2 is 1.73 bits per heavy atom. The molecule has 1 fully saturated rings. The number of hydrogen-bond donors (Lipinski definition) is 1. The summed E-state index contributed by atoms with van der Waals surface area (Å²) >= 11 is 0. The molecule has 1 aromatic rings. The zero-order chi connectivity index (χ0) is 16.1. The van der Waals surface area contributed by atoms with E-state index in [-0.39, 0.29) is 5.91 Å². The van der Waals surface area contributed by atoms with Gasteiger partial charge in [-0.3, -0.25) is 4.79 Å². The third-order valence-electron chi connectivity index (χ3n) is 4.19. The van der Waals surface area contributed by atoms with Gasteiger partial charge in [0.15, 0.2) is 11.5 Å². The number of likely N-dealkylation sites (N-methyl/N-ethyl adjacent to an activating group) is 1. The summed E-state index contributed by atoms with van der Waals surface area (Å²) in [4.78, 5) is 16.2. The van der Waals surface area contributed by atoms with Crippen molar-refractivity contribution in [2.24, 2.45) is 0 Å². The lowest BCUT2D eigenvalue weighted by Gasteiger charge is -2.32. The fraction of sp³-hybridized carbons (Fsp3) is 0.562. The lowest BCUT2D eigenvalue weighted by Crippen LogP contribution is -3.14. The van der Waals surface area contributed by atoms with Crippen molar-refractivity contribution in [3.8, 4) is 17.2 Å². The van der Waals surface area contributed by atoms with Crippen LogP contribution >= 0.6 is 0 Å². The SMILES string of the molecule is CC[NH+]1CCN(C(=O)c2ccc(OC)c(OC)c2OC)CC1. The summed E-state index contributed by atoms with van der Waals surface area (Å²) in [6.07, 6.45) is 0. The van der Waals surface area contributed by atoms with Gasteiger partial charge in [0.05, 0.1) is 59.6 Å². The summed E-state index contributed by atoms with van der Waals surface area (Å²) in [7, 11) is 4.64. The molecule has 6 nitrogen and oxygen atoms in total. The van der Waals surface area contributed by atoms with E-state index in [4.69, 9.17) is 14.2 Å². The van der Waals surface area contributed by atoms with Crippen molar-refractivity contribution in [2.45, 2.75) is 6.92 Å².